The van der Waals surface area contributed by atoms with Gasteiger partial charge in [-0.3, -0.25) is 4.79 Å². The van der Waals surface area contributed by atoms with E-state index < -0.39 is 0 Å². The van der Waals surface area contributed by atoms with Crippen LogP contribution in [0.3, 0.4) is 0 Å². The van der Waals surface area contributed by atoms with E-state index in [0.717, 1.165) is 23.1 Å². The Labute approximate surface area is 169 Å². The highest BCUT2D eigenvalue weighted by Gasteiger charge is 2.23. The normalized spacial score (nSPS) is 14.6. The molecule has 3 rings (SSSR count). The van der Waals surface area contributed by atoms with Gasteiger partial charge in [-0.25, -0.2) is 0 Å². The summed E-state index contributed by atoms with van der Waals surface area (Å²) in [5, 5.41) is 0. The Morgan fingerprint density at radius 1 is 1.04 bits per heavy atom. The average molecular weight is 432 g/mol. The van der Waals surface area contributed by atoms with Crippen molar-refractivity contribution in [3.8, 4) is 11.5 Å². The lowest BCUT2D eigenvalue weighted by atomic mass is 9.94. The molecule has 0 spiro atoms. The summed E-state index contributed by atoms with van der Waals surface area (Å²) in [5.41, 5.74) is 0.683. The van der Waals surface area contributed by atoms with E-state index in [0.29, 0.717) is 30.6 Å². The third kappa shape index (κ3) is 5.48. The largest absolute Gasteiger partial charge is 0.490 e. The first kappa shape index (κ1) is 19.7. The highest BCUT2D eigenvalue weighted by Crippen LogP contribution is 2.28. The summed E-state index contributed by atoms with van der Waals surface area (Å²) in [6.45, 7) is 0.893. The molecule has 0 atom stereocenters. The first-order valence-electron chi connectivity index (χ1n) is 9.52. The van der Waals surface area contributed by atoms with E-state index in [-0.39, 0.29) is 5.91 Å². The Kier molecular flexibility index (Phi) is 7.16. The molecule has 0 heterocycles. The number of benzene rings is 2. The van der Waals surface area contributed by atoms with Gasteiger partial charge in [-0.15, -0.1) is 0 Å². The zero-order valence-electron chi connectivity index (χ0n) is 15.7. The minimum absolute atomic E-state index is 0.0709. The van der Waals surface area contributed by atoms with E-state index in [1.54, 1.807) is 0 Å². The fraction of sp³-hybridized carbons (Fsp3) is 0.409. The van der Waals surface area contributed by atoms with Crippen molar-refractivity contribution < 1.29 is 14.3 Å². The fourth-order valence-corrected chi connectivity index (χ4v) is 3.91. The summed E-state index contributed by atoms with van der Waals surface area (Å²) in [6.07, 6.45) is 5.91. The molecule has 1 amide bonds. The lowest BCUT2D eigenvalue weighted by Crippen LogP contribution is -2.38. The Morgan fingerprint density at radius 2 is 1.74 bits per heavy atom. The van der Waals surface area contributed by atoms with Gasteiger partial charge in [0.15, 0.2) is 0 Å². The maximum atomic E-state index is 12.8. The molecule has 0 N–H and O–H groups in total. The van der Waals surface area contributed by atoms with Crippen molar-refractivity contribution in [3.05, 3.63) is 58.6 Å². The van der Waals surface area contributed by atoms with Crippen LogP contribution in [0.1, 0.15) is 42.5 Å². The van der Waals surface area contributed by atoms with Crippen LogP contribution in [0.4, 0.5) is 0 Å². The van der Waals surface area contributed by atoms with Gasteiger partial charge in [0, 0.05) is 18.7 Å². The number of rotatable bonds is 7. The number of nitrogens with zero attached hydrogens (tertiary/aromatic N) is 1. The van der Waals surface area contributed by atoms with Crippen LogP contribution in [-0.2, 0) is 0 Å². The van der Waals surface area contributed by atoms with Crippen molar-refractivity contribution >= 4 is 21.8 Å². The summed E-state index contributed by atoms with van der Waals surface area (Å²) in [7, 11) is 1.91. The zero-order valence-corrected chi connectivity index (χ0v) is 17.3. The van der Waals surface area contributed by atoms with Gasteiger partial charge in [-0.2, -0.15) is 0 Å². The van der Waals surface area contributed by atoms with E-state index in [2.05, 4.69) is 15.9 Å². The highest BCUT2D eigenvalue weighted by atomic mass is 79.9. The fourth-order valence-electron chi connectivity index (χ4n) is 3.42. The summed E-state index contributed by atoms with van der Waals surface area (Å²) in [6, 6.07) is 15.5. The molecule has 1 saturated carbocycles. The number of hydrogen-bond acceptors (Lipinski definition) is 3. The second kappa shape index (κ2) is 9.79. The monoisotopic (exact) mass is 431 g/mol. The SMILES string of the molecule is CN(C(=O)c1ccc(OCCOc2ccccc2)c(Br)c1)C1CCCCC1. The number of ether oxygens (including phenoxy) is 2. The van der Waals surface area contributed by atoms with Gasteiger partial charge in [0.1, 0.15) is 24.7 Å². The molecule has 0 bridgehead atoms. The predicted molar refractivity (Wildman–Crippen MR) is 111 cm³/mol. The predicted octanol–water partition coefficient (Wildman–Crippen LogP) is 5.31. The number of para-hydroxylation sites is 1. The van der Waals surface area contributed by atoms with Crippen LogP contribution >= 0.6 is 15.9 Å². The maximum Gasteiger partial charge on any atom is 0.253 e. The Morgan fingerprint density at radius 3 is 2.44 bits per heavy atom. The lowest BCUT2D eigenvalue weighted by Gasteiger charge is -2.31. The molecule has 27 heavy (non-hydrogen) atoms. The van der Waals surface area contributed by atoms with Gasteiger partial charge in [0.2, 0.25) is 0 Å². The molecule has 0 unspecified atom stereocenters. The molecular formula is C22H26BrNO3. The van der Waals surface area contributed by atoms with Crippen LogP contribution in [0.5, 0.6) is 11.5 Å². The molecule has 0 saturated heterocycles. The van der Waals surface area contributed by atoms with Crippen LogP contribution in [0, 0.1) is 0 Å². The third-order valence-electron chi connectivity index (χ3n) is 4.97. The van der Waals surface area contributed by atoms with Gasteiger partial charge in [0.25, 0.3) is 5.91 Å². The van der Waals surface area contributed by atoms with Gasteiger partial charge in [-0.1, -0.05) is 37.5 Å². The number of halogens is 1. The minimum atomic E-state index is 0.0709. The topological polar surface area (TPSA) is 38.8 Å². The summed E-state index contributed by atoms with van der Waals surface area (Å²) >= 11 is 3.52. The molecule has 144 valence electrons. The Bertz CT molecular complexity index is 744. The first-order valence-corrected chi connectivity index (χ1v) is 10.3. The number of carbonyl (C=O) groups is 1. The second-order valence-electron chi connectivity index (χ2n) is 6.86. The molecule has 0 aliphatic heterocycles. The summed E-state index contributed by atoms with van der Waals surface area (Å²) < 4.78 is 12.2. The van der Waals surface area contributed by atoms with E-state index in [4.69, 9.17) is 9.47 Å². The molecular weight excluding hydrogens is 406 g/mol. The standard InChI is InChI=1S/C22H26BrNO3/c1-24(18-8-4-2-5-9-18)22(25)17-12-13-21(20(23)16-17)27-15-14-26-19-10-6-3-7-11-19/h3,6-7,10-13,16,18H,2,4-5,8-9,14-15H2,1H3. The van der Waals surface area contributed by atoms with Gasteiger partial charge >= 0.3 is 0 Å². The van der Waals surface area contributed by atoms with Crippen LogP contribution in [0.2, 0.25) is 0 Å². The molecule has 4 nitrogen and oxygen atoms in total. The van der Waals surface area contributed by atoms with Gasteiger partial charge in [0.05, 0.1) is 4.47 Å². The smallest absolute Gasteiger partial charge is 0.253 e. The summed E-state index contributed by atoms with van der Waals surface area (Å²) in [5.74, 6) is 1.61. The first-order chi connectivity index (χ1) is 13.1. The van der Waals surface area contributed by atoms with E-state index in [9.17, 15) is 4.79 Å². The average Bonchev–Trinajstić information content (AvgIpc) is 2.72. The molecule has 0 radical (unpaired) electrons. The van der Waals surface area contributed by atoms with Crippen molar-refractivity contribution in [2.75, 3.05) is 20.3 Å². The third-order valence-corrected chi connectivity index (χ3v) is 5.59. The Balaban J connectivity index is 1.52. The van der Waals surface area contributed by atoms with Crippen LogP contribution in [0.25, 0.3) is 0 Å². The van der Waals surface area contributed by atoms with Crippen molar-refractivity contribution in [2.24, 2.45) is 0 Å². The number of carbonyl (C=O) groups excluding carboxylic acids is 1. The quantitative estimate of drug-likeness (QED) is 0.557. The number of amides is 1. The van der Waals surface area contributed by atoms with Crippen molar-refractivity contribution in [1.29, 1.82) is 0 Å². The van der Waals surface area contributed by atoms with Gasteiger partial charge in [-0.05, 0) is 59.1 Å². The molecule has 1 fully saturated rings. The van der Waals surface area contributed by atoms with Crippen LogP contribution < -0.4 is 9.47 Å². The van der Waals surface area contributed by atoms with E-state index in [1.165, 1.54) is 19.3 Å². The summed E-state index contributed by atoms with van der Waals surface area (Å²) in [4.78, 5) is 14.7. The molecule has 1 aliphatic rings. The molecule has 1 aliphatic carbocycles. The van der Waals surface area contributed by atoms with Crippen LogP contribution in [-0.4, -0.2) is 37.1 Å². The molecule has 2 aromatic carbocycles. The van der Waals surface area contributed by atoms with Crippen LogP contribution in [0.15, 0.2) is 53.0 Å². The van der Waals surface area contributed by atoms with E-state index in [1.807, 2.05) is 60.5 Å². The molecule has 0 aromatic heterocycles. The highest BCUT2D eigenvalue weighted by molar-refractivity contribution is 9.10. The molecule has 2 aromatic rings. The Hall–Kier alpha value is -2.01. The lowest BCUT2D eigenvalue weighted by molar-refractivity contribution is 0.0696. The number of hydrogen-bond donors (Lipinski definition) is 0. The van der Waals surface area contributed by atoms with Crippen molar-refractivity contribution in [2.45, 2.75) is 38.1 Å². The van der Waals surface area contributed by atoms with Crippen molar-refractivity contribution in [3.63, 3.8) is 0 Å². The maximum absolute atomic E-state index is 12.8. The second-order valence-corrected chi connectivity index (χ2v) is 7.72. The van der Waals surface area contributed by atoms with E-state index >= 15 is 0 Å². The zero-order chi connectivity index (χ0) is 19.1. The minimum Gasteiger partial charge on any atom is -0.490 e. The van der Waals surface area contributed by atoms with Crippen molar-refractivity contribution in [1.82, 2.24) is 4.90 Å². The molecule has 5 heteroatoms. The van der Waals surface area contributed by atoms with Gasteiger partial charge < -0.3 is 14.4 Å².